The molecule has 2 aromatic carbocycles. The molecular weight excluding hydrogens is 384 g/mol. The monoisotopic (exact) mass is 418 g/mol. The lowest BCUT2D eigenvalue weighted by Crippen LogP contribution is -2.22. The van der Waals surface area contributed by atoms with Crippen molar-refractivity contribution in [1.29, 1.82) is 0 Å². The Morgan fingerprint density at radius 2 is 1.42 bits per heavy atom. The Morgan fingerprint density at radius 3 is 1.94 bits per heavy atom. The number of Topliss-reactive ketones (excluding diaryl/α,β-unsaturated/α-hetero) is 1. The number of hydrogen-bond acceptors (Lipinski definition) is 3. The summed E-state index contributed by atoms with van der Waals surface area (Å²) in [4.78, 5) is 26.4. The minimum Gasteiger partial charge on any atom is -0.430 e. The molecule has 1 unspecified atom stereocenters. The molecule has 3 nitrogen and oxygen atoms in total. The van der Waals surface area contributed by atoms with Crippen molar-refractivity contribution in [2.45, 2.75) is 68.2 Å². The quantitative estimate of drug-likeness (QED) is 0.543. The number of aryl methyl sites for hydroxylation is 5. The number of hydrogen-bond donors (Lipinski definition) is 0. The van der Waals surface area contributed by atoms with Gasteiger partial charge in [-0.25, -0.2) is 0 Å². The Bertz CT molecular complexity index is 1040. The molecule has 1 aliphatic carbocycles. The summed E-state index contributed by atoms with van der Waals surface area (Å²) in [7, 11) is 0. The van der Waals surface area contributed by atoms with Gasteiger partial charge in [0.25, 0.3) is 0 Å². The minimum atomic E-state index is -0.635. The predicted octanol–water partition coefficient (Wildman–Crippen LogP) is 6.36. The molecule has 0 saturated carbocycles. The van der Waals surface area contributed by atoms with Crippen molar-refractivity contribution in [2.24, 2.45) is 11.3 Å². The highest BCUT2D eigenvalue weighted by atomic mass is 16.5. The average Bonchev–Trinajstić information content (AvgIpc) is 2.88. The van der Waals surface area contributed by atoms with Crippen molar-refractivity contribution in [2.75, 3.05) is 0 Å². The Labute approximate surface area is 186 Å². The molecule has 1 aliphatic rings. The van der Waals surface area contributed by atoms with Crippen molar-refractivity contribution in [1.82, 2.24) is 0 Å². The van der Waals surface area contributed by atoms with Crippen molar-refractivity contribution in [3.63, 3.8) is 0 Å². The van der Waals surface area contributed by atoms with Crippen LogP contribution in [0.1, 0.15) is 66.1 Å². The lowest BCUT2D eigenvalue weighted by atomic mass is 9.88. The number of rotatable bonds is 4. The minimum absolute atomic E-state index is 0.0749. The molecule has 0 N–H and O–H groups in total. The first kappa shape index (κ1) is 23.0. The van der Waals surface area contributed by atoms with Crippen LogP contribution in [0, 0.1) is 46.0 Å². The molecule has 3 rings (SSSR count). The molecule has 0 fully saturated rings. The highest BCUT2D eigenvalue weighted by Gasteiger charge is 2.38. The van der Waals surface area contributed by atoms with E-state index in [4.69, 9.17) is 4.74 Å². The molecule has 0 amide bonds. The largest absolute Gasteiger partial charge is 0.430 e. The molecular formula is C28H34O3. The van der Waals surface area contributed by atoms with Gasteiger partial charge in [-0.1, -0.05) is 47.0 Å². The third kappa shape index (κ3) is 4.98. The maximum Gasteiger partial charge on any atom is 0.316 e. The maximum absolute atomic E-state index is 13.7. The van der Waals surface area contributed by atoms with Crippen LogP contribution in [0.5, 0.6) is 0 Å². The number of esters is 1. The third-order valence-electron chi connectivity index (χ3n) is 5.85. The Hall–Kier alpha value is -2.68. The number of carbonyl (C=O) groups excluding carboxylic acids is 2. The molecule has 0 bridgehead atoms. The van der Waals surface area contributed by atoms with Gasteiger partial charge in [-0.3, -0.25) is 9.59 Å². The highest BCUT2D eigenvalue weighted by Crippen LogP contribution is 2.41. The van der Waals surface area contributed by atoms with Crippen LogP contribution in [0.2, 0.25) is 0 Å². The zero-order valence-corrected chi connectivity index (χ0v) is 20.1. The Morgan fingerprint density at radius 1 is 0.903 bits per heavy atom. The summed E-state index contributed by atoms with van der Waals surface area (Å²) < 4.78 is 5.89. The number of ketones is 1. The van der Waals surface area contributed by atoms with Crippen molar-refractivity contribution >= 4 is 17.3 Å². The standard InChI is InChI=1S/C28H34O3/c1-16-9-17(2)13-21(12-16)14-22-15-23(31-27(30)28(6,7)8)25(26(22)29)24-19(4)10-18(3)11-20(24)5/h9-13,22H,14-15H2,1-8H3. The number of benzene rings is 2. The van der Waals surface area contributed by atoms with Gasteiger partial charge in [0, 0.05) is 12.3 Å². The summed E-state index contributed by atoms with van der Waals surface area (Å²) in [5.41, 5.74) is 7.63. The van der Waals surface area contributed by atoms with Crippen LogP contribution < -0.4 is 0 Å². The van der Waals surface area contributed by atoms with E-state index in [9.17, 15) is 9.59 Å². The van der Waals surface area contributed by atoms with Gasteiger partial charge < -0.3 is 4.74 Å². The van der Waals surface area contributed by atoms with E-state index < -0.39 is 5.41 Å². The Kier molecular flexibility index (Phi) is 6.27. The van der Waals surface area contributed by atoms with E-state index in [0.29, 0.717) is 24.2 Å². The Balaban J connectivity index is 2.04. The molecule has 0 spiro atoms. The second-order valence-corrected chi connectivity index (χ2v) is 10.2. The molecule has 31 heavy (non-hydrogen) atoms. The summed E-state index contributed by atoms with van der Waals surface area (Å²) in [5.74, 6) is 0.0709. The van der Waals surface area contributed by atoms with Crippen LogP contribution in [0.4, 0.5) is 0 Å². The molecule has 164 valence electrons. The lowest BCUT2D eigenvalue weighted by molar-refractivity contribution is -0.148. The van der Waals surface area contributed by atoms with Gasteiger partial charge in [-0.05, 0) is 84.1 Å². The zero-order chi connectivity index (χ0) is 23.1. The van der Waals surface area contributed by atoms with Gasteiger partial charge in [0.15, 0.2) is 5.78 Å². The fourth-order valence-corrected chi connectivity index (χ4v) is 4.59. The van der Waals surface area contributed by atoms with E-state index >= 15 is 0 Å². The molecule has 0 radical (unpaired) electrons. The van der Waals surface area contributed by atoms with Crippen molar-refractivity contribution in [3.8, 4) is 0 Å². The van der Waals surface area contributed by atoms with Gasteiger partial charge in [-0.2, -0.15) is 0 Å². The van der Waals surface area contributed by atoms with E-state index in [-0.39, 0.29) is 17.7 Å². The van der Waals surface area contributed by atoms with Gasteiger partial charge in [-0.15, -0.1) is 0 Å². The average molecular weight is 419 g/mol. The fraction of sp³-hybridized carbons (Fsp3) is 0.429. The number of carbonyl (C=O) groups is 2. The van der Waals surface area contributed by atoms with E-state index in [1.807, 2.05) is 34.6 Å². The van der Waals surface area contributed by atoms with Gasteiger partial charge in [0.05, 0.1) is 11.0 Å². The fourth-order valence-electron chi connectivity index (χ4n) is 4.59. The first-order chi connectivity index (χ1) is 14.4. The zero-order valence-electron chi connectivity index (χ0n) is 20.1. The van der Waals surface area contributed by atoms with E-state index in [1.54, 1.807) is 0 Å². The number of ether oxygens (including phenoxy) is 1. The van der Waals surface area contributed by atoms with Crippen LogP contribution in [0.25, 0.3) is 5.57 Å². The van der Waals surface area contributed by atoms with Crippen LogP contribution in [0.15, 0.2) is 36.1 Å². The molecule has 0 aromatic heterocycles. The summed E-state index contributed by atoms with van der Waals surface area (Å²) in [5, 5.41) is 0. The van der Waals surface area contributed by atoms with E-state index in [0.717, 1.165) is 27.8 Å². The third-order valence-corrected chi connectivity index (χ3v) is 5.85. The van der Waals surface area contributed by atoms with Crippen molar-refractivity contribution < 1.29 is 14.3 Å². The van der Waals surface area contributed by atoms with Crippen LogP contribution in [-0.2, 0) is 20.7 Å². The molecule has 3 heteroatoms. The molecule has 0 saturated heterocycles. The topological polar surface area (TPSA) is 43.4 Å². The van der Waals surface area contributed by atoms with E-state index in [2.05, 4.69) is 51.1 Å². The predicted molar refractivity (Wildman–Crippen MR) is 126 cm³/mol. The second-order valence-electron chi connectivity index (χ2n) is 10.2. The second kappa shape index (κ2) is 8.45. The van der Waals surface area contributed by atoms with Crippen LogP contribution in [0.3, 0.4) is 0 Å². The highest BCUT2D eigenvalue weighted by molar-refractivity contribution is 6.25. The lowest BCUT2D eigenvalue weighted by Gasteiger charge is -2.18. The van der Waals surface area contributed by atoms with Gasteiger partial charge >= 0.3 is 5.97 Å². The molecule has 0 aliphatic heterocycles. The van der Waals surface area contributed by atoms with Gasteiger partial charge in [0.1, 0.15) is 5.76 Å². The molecule has 0 heterocycles. The maximum atomic E-state index is 13.7. The summed E-state index contributed by atoms with van der Waals surface area (Å²) in [6, 6.07) is 10.6. The smallest absolute Gasteiger partial charge is 0.316 e. The molecule has 2 aromatic rings. The van der Waals surface area contributed by atoms with Crippen LogP contribution >= 0.6 is 0 Å². The van der Waals surface area contributed by atoms with Crippen LogP contribution in [-0.4, -0.2) is 11.8 Å². The van der Waals surface area contributed by atoms with Crippen molar-refractivity contribution in [3.05, 3.63) is 75.0 Å². The first-order valence-electron chi connectivity index (χ1n) is 11.0. The molecule has 1 atom stereocenters. The van der Waals surface area contributed by atoms with E-state index in [1.165, 1.54) is 11.1 Å². The SMILES string of the molecule is Cc1cc(C)cc(CC2CC(OC(=O)C(C)(C)C)=C(c3c(C)cc(C)cc3C)C2=O)c1. The number of allylic oxidation sites excluding steroid dienone is 2. The summed E-state index contributed by atoms with van der Waals surface area (Å²) >= 11 is 0. The summed E-state index contributed by atoms with van der Waals surface area (Å²) in [6.45, 7) is 15.8. The normalized spacial score (nSPS) is 16.8. The summed E-state index contributed by atoms with van der Waals surface area (Å²) in [6.07, 6.45) is 1.10. The van der Waals surface area contributed by atoms with Gasteiger partial charge in [0.2, 0.25) is 0 Å². The first-order valence-corrected chi connectivity index (χ1v) is 11.0.